The average Bonchev–Trinajstić information content (AvgIpc) is 2.42. The Balaban J connectivity index is 2.76. The molecule has 0 saturated carbocycles. The van der Waals surface area contributed by atoms with Gasteiger partial charge in [-0.15, -0.1) is 0 Å². The monoisotopic (exact) mass is 192 g/mol. The SMILES string of the molecule is Cc1nc2cc(C)c([N+](=O)[O-])cc2o1. The number of aryl methyl sites for hydroxylation is 2. The zero-order valence-corrected chi connectivity index (χ0v) is 7.77. The minimum absolute atomic E-state index is 0.0636. The summed E-state index contributed by atoms with van der Waals surface area (Å²) in [6, 6.07) is 3.06. The van der Waals surface area contributed by atoms with E-state index in [1.807, 2.05) is 0 Å². The number of rotatable bonds is 1. The third-order valence-electron chi connectivity index (χ3n) is 2.01. The predicted octanol–water partition coefficient (Wildman–Crippen LogP) is 2.35. The van der Waals surface area contributed by atoms with Crippen LogP contribution in [0.3, 0.4) is 0 Å². The number of hydrogen-bond acceptors (Lipinski definition) is 4. The normalized spacial score (nSPS) is 10.7. The van der Waals surface area contributed by atoms with E-state index in [-0.39, 0.29) is 5.69 Å². The van der Waals surface area contributed by atoms with Crippen molar-refractivity contribution in [3.63, 3.8) is 0 Å². The number of aromatic nitrogens is 1. The van der Waals surface area contributed by atoms with Crippen LogP contribution in [-0.2, 0) is 0 Å². The van der Waals surface area contributed by atoms with E-state index in [9.17, 15) is 10.1 Å². The second-order valence-electron chi connectivity index (χ2n) is 3.10. The van der Waals surface area contributed by atoms with Crippen LogP contribution in [0.2, 0.25) is 0 Å². The van der Waals surface area contributed by atoms with Gasteiger partial charge >= 0.3 is 0 Å². The molecule has 0 aliphatic heterocycles. The topological polar surface area (TPSA) is 69.2 Å². The molecule has 72 valence electrons. The van der Waals surface area contributed by atoms with Gasteiger partial charge < -0.3 is 4.42 Å². The lowest BCUT2D eigenvalue weighted by atomic mass is 10.2. The first-order valence-electron chi connectivity index (χ1n) is 4.10. The number of hydrogen-bond donors (Lipinski definition) is 0. The summed E-state index contributed by atoms with van der Waals surface area (Å²) in [6.07, 6.45) is 0. The zero-order chi connectivity index (χ0) is 10.3. The van der Waals surface area contributed by atoms with Crippen LogP contribution in [0, 0.1) is 24.0 Å². The van der Waals surface area contributed by atoms with Crippen molar-refractivity contribution < 1.29 is 9.34 Å². The van der Waals surface area contributed by atoms with Crippen LogP contribution in [0.4, 0.5) is 5.69 Å². The molecule has 1 aromatic carbocycles. The molecule has 1 aromatic heterocycles. The molecule has 0 N–H and O–H groups in total. The molecule has 1 heterocycles. The molecule has 5 nitrogen and oxygen atoms in total. The molecule has 0 aliphatic carbocycles. The van der Waals surface area contributed by atoms with Crippen molar-refractivity contribution in [1.82, 2.24) is 4.98 Å². The first-order valence-corrected chi connectivity index (χ1v) is 4.10. The summed E-state index contributed by atoms with van der Waals surface area (Å²) in [5.41, 5.74) is 1.77. The Hall–Kier alpha value is -1.91. The Morgan fingerprint density at radius 2 is 2.14 bits per heavy atom. The van der Waals surface area contributed by atoms with Crippen LogP contribution in [-0.4, -0.2) is 9.91 Å². The highest BCUT2D eigenvalue weighted by atomic mass is 16.6. The second kappa shape index (κ2) is 2.80. The molecular formula is C9H8N2O3. The van der Waals surface area contributed by atoms with E-state index in [2.05, 4.69) is 4.98 Å². The van der Waals surface area contributed by atoms with Gasteiger partial charge in [-0.1, -0.05) is 0 Å². The third kappa shape index (κ3) is 1.22. The molecule has 0 spiro atoms. The Morgan fingerprint density at radius 3 is 2.79 bits per heavy atom. The minimum Gasteiger partial charge on any atom is -0.441 e. The summed E-state index contributed by atoms with van der Waals surface area (Å²) >= 11 is 0. The first kappa shape index (κ1) is 8.68. The third-order valence-corrected chi connectivity index (χ3v) is 2.01. The highest BCUT2D eigenvalue weighted by molar-refractivity contribution is 5.77. The number of fused-ring (bicyclic) bond motifs is 1. The van der Waals surface area contributed by atoms with Crippen LogP contribution < -0.4 is 0 Å². The van der Waals surface area contributed by atoms with E-state index >= 15 is 0 Å². The molecule has 0 atom stereocenters. The van der Waals surface area contributed by atoms with Gasteiger partial charge in [0.05, 0.1) is 11.0 Å². The molecule has 0 aliphatic rings. The maximum absolute atomic E-state index is 10.6. The van der Waals surface area contributed by atoms with Gasteiger partial charge in [0.1, 0.15) is 5.52 Å². The summed E-state index contributed by atoms with van der Waals surface area (Å²) in [5.74, 6) is 0.514. The van der Waals surface area contributed by atoms with Crippen LogP contribution in [0.25, 0.3) is 11.1 Å². The van der Waals surface area contributed by atoms with Crippen LogP contribution in [0.15, 0.2) is 16.5 Å². The van der Waals surface area contributed by atoms with Crippen molar-refractivity contribution in [1.29, 1.82) is 0 Å². The quantitative estimate of drug-likeness (QED) is 0.513. The summed E-state index contributed by atoms with van der Waals surface area (Å²) in [4.78, 5) is 14.3. The molecule has 0 amide bonds. The van der Waals surface area contributed by atoms with Gasteiger partial charge in [0, 0.05) is 12.5 Å². The van der Waals surface area contributed by atoms with Crippen molar-refractivity contribution in [2.24, 2.45) is 0 Å². The Kier molecular flexibility index (Phi) is 1.73. The van der Waals surface area contributed by atoms with E-state index in [0.29, 0.717) is 22.6 Å². The van der Waals surface area contributed by atoms with E-state index in [1.54, 1.807) is 19.9 Å². The van der Waals surface area contributed by atoms with Crippen molar-refractivity contribution >= 4 is 16.8 Å². The fourth-order valence-electron chi connectivity index (χ4n) is 1.38. The summed E-state index contributed by atoms with van der Waals surface area (Å²) in [7, 11) is 0. The van der Waals surface area contributed by atoms with Gasteiger partial charge in [-0.05, 0) is 13.0 Å². The maximum atomic E-state index is 10.6. The fraction of sp³-hybridized carbons (Fsp3) is 0.222. The zero-order valence-electron chi connectivity index (χ0n) is 7.77. The lowest BCUT2D eigenvalue weighted by Crippen LogP contribution is -1.90. The van der Waals surface area contributed by atoms with Crippen LogP contribution in [0.1, 0.15) is 11.5 Å². The van der Waals surface area contributed by atoms with E-state index < -0.39 is 4.92 Å². The van der Waals surface area contributed by atoms with Crippen molar-refractivity contribution in [3.8, 4) is 0 Å². The molecule has 0 bridgehead atoms. The van der Waals surface area contributed by atoms with E-state index in [4.69, 9.17) is 4.42 Å². The molecule has 0 fully saturated rings. The highest BCUT2D eigenvalue weighted by Gasteiger charge is 2.14. The Bertz CT molecular complexity index is 516. The Morgan fingerprint density at radius 1 is 1.43 bits per heavy atom. The lowest BCUT2D eigenvalue weighted by molar-refractivity contribution is -0.385. The molecule has 0 radical (unpaired) electrons. The van der Waals surface area contributed by atoms with Gasteiger partial charge in [0.2, 0.25) is 0 Å². The van der Waals surface area contributed by atoms with Gasteiger partial charge in [-0.2, -0.15) is 0 Å². The molecule has 5 heteroatoms. The number of benzene rings is 1. The summed E-state index contributed by atoms with van der Waals surface area (Å²) in [5, 5.41) is 10.6. The first-order chi connectivity index (χ1) is 6.58. The highest BCUT2D eigenvalue weighted by Crippen LogP contribution is 2.25. The van der Waals surface area contributed by atoms with Gasteiger partial charge in [0.15, 0.2) is 11.5 Å². The standard InChI is InChI=1S/C9H8N2O3/c1-5-3-7-9(14-6(2)10-7)4-8(5)11(12)13/h3-4H,1-2H3. The minimum atomic E-state index is -0.424. The number of nitro groups is 1. The van der Waals surface area contributed by atoms with Crippen LogP contribution in [0.5, 0.6) is 0 Å². The number of oxazole rings is 1. The largest absolute Gasteiger partial charge is 0.441 e. The average molecular weight is 192 g/mol. The van der Waals surface area contributed by atoms with E-state index in [1.165, 1.54) is 6.07 Å². The number of nitro benzene ring substituents is 1. The maximum Gasteiger partial charge on any atom is 0.276 e. The molecule has 2 rings (SSSR count). The molecule has 2 aromatic rings. The molecule has 0 unspecified atom stereocenters. The predicted molar refractivity (Wildman–Crippen MR) is 50.1 cm³/mol. The molecule has 14 heavy (non-hydrogen) atoms. The molecule has 0 saturated heterocycles. The van der Waals surface area contributed by atoms with Gasteiger partial charge in [-0.3, -0.25) is 10.1 Å². The Labute approximate surface area is 79.5 Å². The molecular weight excluding hydrogens is 184 g/mol. The smallest absolute Gasteiger partial charge is 0.276 e. The van der Waals surface area contributed by atoms with Crippen LogP contribution >= 0.6 is 0 Å². The summed E-state index contributed by atoms with van der Waals surface area (Å²) < 4.78 is 5.20. The van der Waals surface area contributed by atoms with E-state index in [0.717, 1.165) is 0 Å². The fourth-order valence-corrected chi connectivity index (χ4v) is 1.38. The van der Waals surface area contributed by atoms with Gasteiger partial charge in [0.25, 0.3) is 5.69 Å². The number of nitrogens with zero attached hydrogens (tertiary/aromatic N) is 2. The summed E-state index contributed by atoms with van der Waals surface area (Å²) in [6.45, 7) is 3.39. The lowest BCUT2D eigenvalue weighted by Gasteiger charge is -1.94. The van der Waals surface area contributed by atoms with Crippen molar-refractivity contribution in [2.75, 3.05) is 0 Å². The second-order valence-corrected chi connectivity index (χ2v) is 3.10. The van der Waals surface area contributed by atoms with Crippen molar-refractivity contribution in [3.05, 3.63) is 33.7 Å². The van der Waals surface area contributed by atoms with Crippen molar-refractivity contribution in [2.45, 2.75) is 13.8 Å². The van der Waals surface area contributed by atoms with Gasteiger partial charge in [-0.25, -0.2) is 4.98 Å².